The van der Waals surface area contributed by atoms with Crippen LogP contribution in [0.25, 0.3) is 0 Å². The largest absolute Gasteiger partial charge is 0.503 e. The Balaban J connectivity index is -0.000000712. The van der Waals surface area contributed by atoms with Gasteiger partial charge in [0.1, 0.15) is 0 Å². The van der Waals surface area contributed by atoms with Crippen molar-refractivity contribution in [2.24, 2.45) is 0 Å². The Labute approximate surface area is 144 Å². The van der Waals surface area contributed by atoms with Crippen LogP contribution in [-0.4, -0.2) is 48.5 Å². The van der Waals surface area contributed by atoms with Gasteiger partial charge in [0.2, 0.25) is 0 Å². The molecular weight excluding hydrogens is 292 g/mol. The zero-order chi connectivity index (χ0) is 17.3. The number of carboxylic acid groups (broad SMARTS) is 2. The van der Waals surface area contributed by atoms with Crippen molar-refractivity contribution in [1.29, 1.82) is 0 Å². The van der Waals surface area contributed by atoms with E-state index >= 15 is 0 Å². The van der Waals surface area contributed by atoms with Gasteiger partial charge < -0.3 is 20.8 Å². The van der Waals surface area contributed by atoms with Gasteiger partial charge in [0.25, 0.3) is 0 Å². The molecule has 0 aromatic heterocycles. The van der Waals surface area contributed by atoms with Crippen molar-refractivity contribution in [2.45, 2.75) is 84.0 Å². The van der Waals surface area contributed by atoms with Gasteiger partial charge in [0.15, 0.2) is 0 Å². The van der Waals surface area contributed by atoms with Gasteiger partial charge in [-0.25, -0.2) is 4.79 Å². The first-order valence-electron chi connectivity index (χ1n) is 9.02. The van der Waals surface area contributed by atoms with Crippen molar-refractivity contribution in [1.82, 2.24) is 6.15 Å². The minimum absolute atomic E-state index is 0. The lowest BCUT2D eigenvalue weighted by Gasteiger charge is -2.23. The van der Waals surface area contributed by atoms with Crippen LogP contribution in [0.15, 0.2) is 0 Å². The highest BCUT2D eigenvalue weighted by atomic mass is 16.6. The summed E-state index contributed by atoms with van der Waals surface area (Å²) < 4.78 is 1.12. The highest BCUT2D eigenvalue weighted by Gasteiger charge is 2.04. The number of carbonyl (C=O) groups is 1. The second-order valence-electron chi connectivity index (χ2n) is 7.19. The number of rotatable bonds is 13. The second-order valence-corrected chi connectivity index (χ2v) is 7.19. The lowest BCUT2D eigenvalue weighted by atomic mass is 10.1. The molecule has 0 unspecified atom stereocenters. The summed E-state index contributed by atoms with van der Waals surface area (Å²) in [6.45, 7) is 3.62. The third-order valence-corrected chi connectivity index (χ3v) is 3.68. The van der Waals surface area contributed by atoms with Crippen molar-refractivity contribution in [3.63, 3.8) is 0 Å². The summed E-state index contributed by atoms with van der Waals surface area (Å²) in [6, 6.07) is 0. The van der Waals surface area contributed by atoms with Crippen LogP contribution in [0.2, 0.25) is 0 Å². The summed E-state index contributed by atoms with van der Waals surface area (Å²) in [5.41, 5.74) is 0. The maximum absolute atomic E-state index is 8.56. The normalized spacial score (nSPS) is 10.4. The monoisotopic (exact) mass is 335 g/mol. The Hall–Kier alpha value is -0.810. The summed E-state index contributed by atoms with van der Waals surface area (Å²) >= 11 is 0. The van der Waals surface area contributed by atoms with E-state index in [1.165, 1.54) is 83.6 Å². The van der Waals surface area contributed by atoms with E-state index in [2.05, 4.69) is 28.1 Å². The first-order valence-corrected chi connectivity index (χ1v) is 9.02. The first-order chi connectivity index (χ1) is 10.3. The Bertz CT molecular complexity index is 237. The van der Waals surface area contributed by atoms with Crippen LogP contribution >= 0.6 is 0 Å². The van der Waals surface area contributed by atoms with Crippen LogP contribution in [0.5, 0.6) is 0 Å². The fraction of sp³-hybridized carbons (Fsp3) is 0.944. The topological polar surface area (TPSA) is 92.5 Å². The molecule has 0 spiro atoms. The van der Waals surface area contributed by atoms with Gasteiger partial charge in [0.05, 0.1) is 27.7 Å². The molecule has 23 heavy (non-hydrogen) atoms. The molecule has 0 bridgehead atoms. The standard InChI is InChI=1S/C17H38N.CH2O3.H3N/c1-5-6-7-8-9-10-11-12-13-14-15-16-17-18(2,3)4;2-1(3)4;/h5-17H2,1-4H3;(H2,2,3,4);1H3/q+1;;. The highest BCUT2D eigenvalue weighted by molar-refractivity contribution is 5.53. The van der Waals surface area contributed by atoms with Crippen LogP contribution < -0.4 is 6.15 Å². The Kier molecular flexibility index (Phi) is 22.6. The highest BCUT2D eigenvalue weighted by Crippen LogP contribution is 2.12. The molecule has 0 aliphatic carbocycles. The van der Waals surface area contributed by atoms with E-state index in [1.807, 2.05) is 0 Å². The molecule has 0 saturated carbocycles. The van der Waals surface area contributed by atoms with E-state index in [0.717, 1.165) is 4.48 Å². The average Bonchev–Trinajstić information content (AvgIpc) is 2.38. The molecule has 0 fully saturated rings. The van der Waals surface area contributed by atoms with Crippen LogP contribution in [0, 0.1) is 0 Å². The van der Waals surface area contributed by atoms with E-state index in [9.17, 15) is 0 Å². The molecule has 5 N–H and O–H groups in total. The lowest BCUT2D eigenvalue weighted by Crippen LogP contribution is -2.35. The molecule has 0 aromatic carbocycles. The maximum Gasteiger partial charge on any atom is 0.503 e. The van der Waals surface area contributed by atoms with Crippen molar-refractivity contribution >= 4 is 6.16 Å². The van der Waals surface area contributed by atoms with Gasteiger partial charge in [-0.15, -0.1) is 0 Å². The number of hydrogen-bond donors (Lipinski definition) is 3. The Morgan fingerprint density at radius 2 is 0.957 bits per heavy atom. The number of nitrogens with zero attached hydrogens (tertiary/aromatic N) is 1. The molecule has 142 valence electrons. The second kappa shape index (κ2) is 19.2. The van der Waals surface area contributed by atoms with Crippen LogP contribution in [0.3, 0.4) is 0 Å². The number of hydrogen-bond acceptors (Lipinski definition) is 2. The van der Waals surface area contributed by atoms with Crippen molar-refractivity contribution in [3.05, 3.63) is 0 Å². The minimum Gasteiger partial charge on any atom is -0.450 e. The van der Waals surface area contributed by atoms with E-state index in [0.29, 0.717) is 0 Å². The molecule has 0 heterocycles. The Morgan fingerprint density at radius 1 is 0.696 bits per heavy atom. The fourth-order valence-electron chi connectivity index (χ4n) is 2.43. The summed E-state index contributed by atoms with van der Waals surface area (Å²) in [7, 11) is 6.87. The maximum atomic E-state index is 8.56. The van der Waals surface area contributed by atoms with Gasteiger partial charge >= 0.3 is 6.16 Å². The zero-order valence-electron chi connectivity index (χ0n) is 16.1. The average molecular weight is 336 g/mol. The molecule has 0 aliphatic rings. The van der Waals surface area contributed by atoms with Crippen molar-refractivity contribution in [3.8, 4) is 0 Å². The zero-order valence-corrected chi connectivity index (χ0v) is 16.1. The predicted molar refractivity (Wildman–Crippen MR) is 99.7 cm³/mol. The molecule has 5 nitrogen and oxygen atoms in total. The first kappa shape index (κ1) is 27.1. The molecule has 0 atom stereocenters. The molecule has 0 amide bonds. The molecule has 0 radical (unpaired) electrons. The third kappa shape index (κ3) is 38.8. The van der Waals surface area contributed by atoms with Gasteiger partial charge in [-0.3, -0.25) is 0 Å². The van der Waals surface area contributed by atoms with E-state index in [4.69, 9.17) is 15.0 Å². The number of unbranched alkanes of at least 4 members (excludes halogenated alkanes) is 11. The summed E-state index contributed by atoms with van der Waals surface area (Å²) in [5, 5.41) is 13.9. The smallest absolute Gasteiger partial charge is 0.450 e. The van der Waals surface area contributed by atoms with Gasteiger partial charge in [-0.2, -0.15) is 0 Å². The molecular formula is C18H43N2O3+. The molecule has 0 rings (SSSR count). The molecule has 0 aromatic rings. The Morgan fingerprint density at radius 3 is 1.22 bits per heavy atom. The van der Waals surface area contributed by atoms with Gasteiger partial charge in [-0.1, -0.05) is 71.1 Å². The van der Waals surface area contributed by atoms with Gasteiger partial charge in [-0.05, 0) is 12.8 Å². The van der Waals surface area contributed by atoms with E-state index < -0.39 is 6.16 Å². The van der Waals surface area contributed by atoms with E-state index in [1.54, 1.807) is 0 Å². The van der Waals surface area contributed by atoms with Crippen LogP contribution in [0.4, 0.5) is 4.79 Å². The number of quaternary nitrogens is 1. The molecule has 5 heteroatoms. The third-order valence-electron chi connectivity index (χ3n) is 3.68. The fourth-order valence-corrected chi connectivity index (χ4v) is 2.43. The van der Waals surface area contributed by atoms with Crippen molar-refractivity contribution < 1.29 is 19.5 Å². The summed E-state index contributed by atoms with van der Waals surface area (Å²) in [6.07, 6.45) is 15.6. The molecule has 0 saturated heterocycles. The lowest BCUT2D eigenvalue weighted by molar-refractivity contribution is -0.870. The predicted octanol–water partition coefficient (Wildman–Crippen LogP) is 5.78. The van der Waals surface area contributed by atoms with Crippen molar-refractivity contribution in [2.75, 3.05) is 27.7 Å². The van der Waals surface area contributed by atoms with Gasteiger partial charge in [0, 0.05) is 0 Å². The minimum atomic E-state index is -1.83. The molecule has 0 aliphatic heterocycles. The van der Waals surface area contributed by atoms with E-state index in [-0.39, 0.29) is 6.15 Å². The SMILES string of the molecule is CCCCCCCCCCCCCC[N+](C)(C)C.N.O=C(O)O. The summed E-state index contributed by atoms with van der Waals surface area (Å²) in [5.74, 6) is 0. The van der Waals surface area contributed by atoms with Crippen LogP contribution in [-0.2, 0) is 0 Å². The quantitative estimate of drug-likeness (QED) is 0.294. The summed E-state index contributed by atoms with van der Waals surface area (Å²) in [4.78, 5) is 8.56. The van der Waals surface area contributed by atoms with Crippen LogP contribution in [0.1, 0.15) is 84.0 Å².